The number of aliphatic hydroxyl groups excluding tert-OH is 1. The summed E-state index contributed by atoms with van der Waals surface area (Å²) in [6, 6.07) is 3.00. The molecular weight excluding hydrogens is 391 g/mol. The van der Waals surface area contributed by atoms with Crippen LogP contribution in [0.4, 0.5) is 5.69 Å². The third kappa shape index (κ3) is 4.62. The van der Waals surface area contributed by atoms with Crippen molar-refractivity contribution in [2.24, 2.45) is 0 Å². The van der Waals surface area contributed by atoms with E-state index in [0.717, 1.165) is 24.9 Å². The molecule has 3 rings (SSSR count). The Morgan fingerprint density at radius 3 is 2.92 bits per heavy atom. The van der Waals surface area contributed by atoms with Gasteiger partial charge in [0, 0.05) is 12.6 Å². The molecule has 0 amide bonds. The highest BCUT2D eigenvalue weighted by atomic mass is 35.5. The van der Waals surface area contributed by atoms with E-state index < -0.39 is 4.92 Å². The predicted octanol–water partition coefficient (Wildman–Crippen LogP) is 3.11. The number of imidazole rings is 1. The summed E-state index contributed by atoms with van der Waals surface area (Å²) >= 11 is 6.05. The van der Waals surface area contributed by atoms with Crippen molar-refractivity contribution in [1.29, 1.82) is 0 Å². The van der Waals surface area contributed by atoms with E-state index in [-0.39, 0.29) is 47.7 Å². The second-order valence-corrected chi connectivity index (χ2v) is 5.92. The van der Waals surface area contributed by atoms with Gasteiger partial charge in [0.25, 0.3) is 5.69 Å². The number of nitrogens with zero attached hydrogens (tertiary/aromatic N) is 3. The summed E-state index contributed by atoms with van der Waals surface area (Å²) in [7, 11) is 0. The van der Waals surface area contributed by atoms with Crippen LogP contribution in [0.3, 0.4) is 0 Å². The number of aromatic nitrogens is 2. The molecule has 2 heterocycles. The van der Waals surface area contributed by atoms with Crippen molar-refractivity contribution in [2.75, 3.05) is 6.54 Å². The fourth-order valence-corrected chi connectivity index (χ4v) is 3.06. The molecule has 2 aromatic rings. The molecular formula is C15H19Cl3N4O3. The van der Waals surface area contributed by atoms with Gasteiger partial charge in [0.05, 0.1) is 28.9 Å². The van der Waals surface area contributed by atoms with E-state index in [0.29, 0.717) is 12.1 Å². The maximum Gasteiger partial charge on any atom is 0.290 e. The highest BCUT2D eigenvalue weighted by Gasteiger charge is 2.20. The van der Waals surface area contributed by atoms with Crippen molar-refractivity contribution < 1.29 is 10.0 Å². The lowest BCUT2D eigenvalue weighted by Gasteiger charge is -2.26. The SMILES string of the molecule is Cl.Cl.O=[N+]([O-])c1ccc2c(ncn2C/C=C/[C@H]2NCCC[C@@H]2O)c1Cl. The second-order valence-electron chi connectivity index (χ2n) is 5.54. The average molecular weight is 410 g/mol. The van der Waals surface area contributed by atoms with Crippen LogP contribution in [-0.4, -0.2) is 38.3 Å². The molecule has 2 N–H and O–H groups in total. The van der Waals surface area contributed by atoms with Crippen LogP contribution in [0.1, 0.15) is 12.8 Å². The van der Waals surface area contributed by atoms with Gasteiger partial charge in [-0.05, 0) is 25.5 Å². The minimum absolute atomic E-state index is 0. The molecule has 2 atom stereocenters. The average Bonchev–Trinajstić information content (AvgIpc) is 2.93. The van der Waals surface area contributed by atoms with Crippen LogP contribution >= 0.6 is 36.4 Å². The van der Waals surface area contributed by atoms with Crippen molar-refractivity contribution in [3.05, 3.63) is 45.7 Å². The summed E-state index contributed by atoms with van der Waals surface area (Å²) < 4.78 is 1.86. The molecule has 0 spiro atoms. The van der Waals surface area contributed by atoms with Crippen LogP contribution in [0, 0.1) is 10.1 Å². The first-order valence-corrected chi connectivity index (χ1v) is 7.81. The Morgan fingerprint density at radius 2 is 2.24 bits per heavy atom. The van der Waals surface area contributed by atoms with Crippen molar-refractivity contribution in [3.63, 3.8) is 0 Å². The number of fused-ring (bicyclic) bond motifs is 1. The predicted molar refractivity (Wildman–Crippen MR) is 102 cm³/mol. The normalized spacial score (nSPS) is 20.2. The van der Waals surface area contributed by atoms with E-state index in [1.807, 2.05) is 16.7 Å². The molecule has 1 aliphatic rings. The lowest BCUT2D eigenvalue weighted by atomic mass is 10.0. The molecule has 10 heteroatoms. The number of hydrogen-bond donors (Lipinski definition) is 2. The zero-order valence-electron chi connectivity index (χ0n) is 13.2. The highest BCUT2D eigenvalue weighted by Crippen LogP contribution is 2.31. The van der Waals surface area contributed by atoms with Crippen LogP contribution in [0.25, 0.3) is 11.0 Å². The van der Waals surface area contributed by atoms with Gasteiger partial charge in [-0.25, -0.2) is 4.98 Å². The summed E-state index contributed by atoms with van der Waals surface area (Å²) in [5.41, 5.74) is 1.02. The standard InChI is InChI=1S/C15H17ClN4O3.2ClH/c16-14-11(20(22)23)5-6-12-15(14)18-9-19(12)8-2-3-10-13(21)4-1-7-17-10;;/h2-3,5-6,9-10,13,17,21H,1,4,7-8H2;2*1H/b3-2+;;/t10-,13+;;/m1../s1. The Labute approximate surface area is 162 Å². The molecule has 1 aliphatic heterocycles. The quantitative estimate of drug-likeness (QED) is 0.460. The molecule has 0 radical (unpaired) electrons. The van der Waals surface area contributed by atoms with E-state index in [2.05, 4.69) is 10.3 Å². The summed E-state index contributed by atoms with van der Waals surface area (Å²) in [5, 5.41) is 24.1. The van der Waals surface area contributed by atoms with Crippen molar-refractivity contribution in [1.82, 2.24) is 14.9 Å². The van der Waals surface area contributed by atoms with Gasteiger partial charge in [-0.15, -0.1) is 24.8 Å². The minimum Gasteiger partial charge on any atom is -0.391 e. The molecule has 1 fully saturated rings. The van der Waals surface area contributed by atoms with Crippen LogP contribution in [0.15, 0.2) is 30.6 Å². The van der Waals surface area contributed by atoms with Crippen molar-refractivity contribution >= 4 is 53.1 Å². The van der Waals surface area contributed by atoms with Gasteiger partial charge in [-0.3, -0.25) is 10.1 Å². The number of hydrogen-bond acceptors (Lipinski definition) is 5. The number of nitro benzene ring substituents is 1. The molecule has 1 aromatic heterocycles. The summed E-state index contributed by atoms with van der Waals surface area (Å²) in [5.74, 6) is 0. The van der Waals surface area contributed by atoms with Crippen LogP contribution in [-0.2, 0) is 6.54 Å². The second kappa shape index (κ2) is 9.35. The Balaban J connectivity index is 0.00000156. The molecule has 1 aromatic carbocycles. The summed E-state index contributed by atoms with van der Waals surface area (Å²) in [6.45, 7) is 1.45. The Kier molecular flexibility index (Phi) is 8.11. The highest BCUT2D eigenvalue weighted by molar-refractivity contribution is 6.37. The molecule has 0 unspecified atom stereocenters. The molecule has 1 saturated heterocycles. The van der Waals surface area contributed by atoms with Gasteiger partial charge < -0.3 is 15.0 Å². The number of aliphatic hydroxyl groups is 1. The molecule has 0 aliphatic carbocycles. The van der Waals surface area contributed by atoms with Crippen LogP contribution in [0.5, 0.6) is 0 Å². The van der Waals surface area contributed by atoms with Gasteiger partial charge in [0.1, 0.15) is 10.5 Å². The Morgan fingerprint density at radius 1 is 1.48 bits per heavy atom. The van der Waals surface area contributed by atoms with Crippen molar-refractivity contribution in [3.8, 4) is 0 Å². The maximum atomic E-state index is 10.9. The lowest BCUT2D eigenvalue weighted by molar-refractivity contribution is -0.384. The topological polar surface area (TPSA) is 93.2 Å². The van der Waals surface area contributed by atoms with Crippen molar-refractivity contribution in [2.45, 2.75) is 31.5 Å². The lowest BCUT2D eigenvalue weighted by Crippen LogP contribution is -2.43. The van der Waals surface area contributed by atoms with Crippen LogP contribution < -0.4 is 5.32 Å². The minimum atomic E-state index is -0.517. The van der Waals surface area contributed by atoms with E-state index in [1.54, 1.807) is 12.4 Å². The van der Waals surface area contributed by atoms with Crippen LogP contribution in [0.2, 0.25) is 5.02 Å². The number of nitro groups is 1. The number of nitrogens with one attached hydrogen (secondary N) is 1. The fraction of sp³-hybridized carbons (Fsp3) is 0.400. The van der Waals surface area contributed by atoms with Gasteiger partial charge in [0.2, 0.25) is 0 Å². The first-order valence-electron chi connectivity index (χ1n) is 7.44. The van der Waals surface area contributed by atoms with Gasteiger partial charge >= 0.3 is 0 Å². The molecule has 7 nitrogen and oxygen atoms in total. The number of rotatable bonds is 4. The molecule has 0 bridgehead atoms. The Bertz CT molecular complexity index is 766. The van der Waals surface area contributed by atoms with Gasteiger partial charge in [-0.2, -0.15) is 0 Å². The molecule has 25 heavy (non-hydrogen) atoms. The number of halogens is 3. The Hall–Kier alpha value is -1.38. The number of allylic oxidation sites excluding steroid dienone is 1. The summed E-state index contributed by atoms with van der Waals surface area (Å²) in [4.78, 5) is 14.5. The number of benzene rings is 1. The van der Waals surface area contributed by atoms with E-state index in [1.165, 1.54) is 6.07 Å². The maximum absolute atomic E-state index is 10.9. The first-order chi connectivity index (χ1) is 11.1. The fourth-order valence-electron chi connectivity index (χ4n) is 2.79. The molecule has 138 valence electrons. The molecule has 0 saturated carbocycles. The zero-order valence-corrected chi connectivity index (χ0v) is 15.6. The summed E-state index contributed by atoms with van der Waals surface area (Å²) in [6.07, 6.45) is 6.92. The smallest absolute Gasteiger partial charge is 0.290 e. The third-order valence-electron chi connectivity index (χ3n) is 4.02. The monoisotopic (exact) mass is 408 g/mol. The zero-order chi connectivity index (χ0) is 16.4. The van der Waals surface area contributed by atoms with Gasteiger partial charge in [0.15, 0.2) is 0 Å². The number of piperidine rings is 1. The van der Waals surface area contributed by atoms with Gasteiger partial charge in [-0.1, -0.05) is 23.8 Å². The van der Waals surface area contributed by atoms with E-state index >= 15 is 0 Å². The third-order valence-corrected chi connectivity index (χ3v) is 4.40. The largest absolute Gasteiger partial charge is 0.391 e. The first kappa shape index (κ1) is 21.7. The van der Waals surface area contributed by atoms with E-state index in [9.17, 15) is 15.2 Å². The van der Waals surface area contributed by atoms with E-state index in [4.69, 9.17) is 11.6 Å².